The number of hydrogen-bond donors (Lipinski definition) is 2. The molecule has 1 aliphatic carbocycles. The lowest BCUT2D eigenvalue weighted by Gasteiger charge is -2.31. The van der Waals surface area contributed by atoms with Gasteiger partial charge in [-0.15, -0.1) is 0 Å². The minimum Gasteiger partial charge on any atom is -0.391 e. The van der Waals surface area contributed by atoms with Crippen LogP contribution in [-0.4, -0.2) is 49.0 Å². The van der Waals surface area contributed by atoms with Gasteiger partial charge in [0, 0.05) is 18.4 Å². The second kappa shape index (κ2) is 8.34. The lowest BCUT2D eigenvalue weighted by molar-refractivity contribution is 0.0588. The summed E-state index contributed by atoms with van der Waals surface area (Å²) >= 11 is 1.97. The number of thioether (sulfide) groups is 1. The topological polar surface area (TPSA) is 41.5 Å². The van der Waals surface area contributed by atoms with E-state index in [1.807, 2.05) is 11.8 Å². The van der Waals surface area contributed by atoms with Crippen molar-refractivity contribution in [2.45, 2.75) is 49.5 Å². The quantitative estimate of drug-likeness (QED) is 0.718. The van der Waals surface area contributed by atoms with Gasteiger partial charge in [-0.05, 0) is 32.1 Å². The standard InChI is InChI=1S/C12H25NO2S/c1-15-9-10(14)7-8-13-11-5-3-4-6-12(11)16-2/h10-14H,3-9H2,1-2H3. The molecule has 0 aliphatic heterocycles. The van der Waals surface area contributed by atoms with Gasteiger partial charge in [0.25, 0.3) is 0 Å². The summed E-state index contributed by atoms with van der Waals surface area (Å²) in [5.41, 5.74) is 0. The molecule has 3 atom stereocenters. The monoisotopic (exact) mass is 247 g/mol. The molecule has 3 nitrogen and oxygen atoms in total. The molecule has 0 heterocycles. The molecule has 0 saturated heterocycles. The average Bonchev–Trinajstić information content (AvgIpc) is 2.30. The maximum atomic E-state index is 9.53. The maximum absolute atomic E-state index is 9.53. The van der Waals surface area contributed by atoms with Crippen molar-refractivity contribution in [3.8, 4) is 0 Å². The second-order valence-corrected chi connectivity index (χ2v) is 5.59. The molecule has 2 N–H and O–H groups in total. The van der Waals surface area contributed by atoms with Crippen molar-refractivity contribution in [2.75, 3.05) is 26.5 Å². The summed E-state index contributed by atoms with van der Waals surface area (Å²) in [7, 11) is 1.63. The summed E-state index contributed by atoms with van der Waals surface area (Å²) in [6, 6.07) is 0.637. The van der Waals surface area contributed by atoms with Crippen LogP contribution in [-0.2, 0) is 4.74 Å². The smallest absolute Gasteiger partial charge is 0.0785 e. The van der Waals surface area contributed by atoms with Crippen LogP contribution < -0.4 is 5.32 Å². The van der Waals surface area contributed by atoms with Crippen molar-refractivity contribution in [3.05, 3.63) is 0 Å². The van der Waals surface area contributed by atoms with Gasteiger partial charge in [0.1, 0.15) is 0 Å². The van der Waals surface area contributed by atoms with Crippen LogP contribution in [0.4, 0.5) is 0 Å². The van der Waals surface area contributed by atoms with Crippen molar-refractivity contribution in [1.82, 2.24) is 5.32 Å². The summed E-state index contributed by atoms with van der Waals surface area (Å²) in [5.74, 6) is 0. The third kappa shape index (κ3) is 5.04. The number of nitrogens with one attached hydrogen (secondary N) is 1. The van der Waals surface area contributed by atoms with Gasteiger partial charge in [-0.1, -0.05) is 12.8 Å². The van der Waals surface area contributed by atoms with E-state index in [9.17, 15) is 5.11 Å². The zero-order chi connectivity index (χ0) is 11.8. The van der Waals surface area contributed by atoms with Gasteiger partial charge in [-0.25, -0.2) is 0 Å². The first-order valence-electron chi connectivity index (χ1n) is 6.21. The predicted octanol–water partition coefficient (Wildman–Crippen LogP) is 1.65. The highest BCUT2D eigenvalue weighted by Gasteiger charge is 2.23. The van der Waals surface area contributed by atoms with Crippen LogP contribution in [0.2, 0.25) is 0 Å². The van der Waals surface area contributed by atoms with Crippen LogP contribution in [0.15, 0.2) is 0 Å². The van der Waals surface area contributed by atoms with E-state index in [0.717, 1.165) is 18.2 Å². The number of aliphatic hydroxyl groups excluding tert-OH is 1. The largest absolute Gasteiger partial charge is 0.391 e. The van der Waals surface area contributed by atoms with E-state index in [0.29, 0.717) is 12.6 Å². The van der Waals surface area contributed by atoms with Gasteiger partial charge >= 0.3 is 0 Å². The van der Waals surface area contributed by atoms with Crippen LogP contribution >= 0.6 is 11.8 Å². The molecule has 0 aromatic rings. The Bertz CT molecular complexity index is 180. The molecule has 0 aromatic carbocycles. The summed E-state index contributed by atoms with van der Waals surface area (Å²) in [6.07, 6.45) is 7.99. The van der Waals surface area contributed by atoms with Crippen molar-refractivity contribution in [3.63, 3.8) is 0 Å². The third-order valence-electron chi connectivity index (χ3n) is 3.25. The molecule has 96 valence electrons. The zero-order valence-electron chi connectivity index (χ0n) is 10.4. The van der Waals surface area contributed by atoms with Gasteiger partial charge < -0.3 is 15.2 Å². The molecule has 0 bridgehead atoms. The highest BCUT2D eigenvalue weighted by atomic mass is 32.2. The molecule has 0 radical (unpaired) electrons. The van der Waals surface area contributed by atoms with Crippen LogP contribution in [0, 0.1) is 0 Å². The van der Waals surface area contributed by atoms with Crippen LogP contribution in [0.5, 0.6) is 0 Å². The van der Waals surface area contributed by atoms with E-state index in [2.05, 4.69) is 11.6 Å². The van der Waals surface area contributed by atoms with Crippen LogP contribution in [0.25, 0.3) is 0 Å². The first-order valence-corrected chi connectivity index (χ1v) is 7.50. The Morgan fingerprint density at radius 1 is 1.44 bits per heavy atom. The van der Waals surface area contributed by atoms with E-state index in [1.54, 1.807) is 7.11 Å². The fourth-order valence-electron chi connectivity index (χ4n) is 2.32. The number of ether oxygens (including phenoxy) is 1. The van der Waals surface area contributed by atoms with Gasteiger partial charge in [-0.2, -0.15) is 11.8 Å². The fraction of sp³-hybridized carbons (Fsp3) is 1.00. The van der Waals surface area contributed by atoms with Gasteiger partial charge in [0.2, 0.25) is 0 Å². The van der Waals surface area contributed by atoms with E-state index >= 15 is 0 Å². The van der Waals surface area contributed by atoms with E-state index in [4.69, 9.17) is 4.74 Å². The first kappa shape index (κ1) is 14.3. The molecule has 16 heavy (non-hydrogen) atoms. The first-order chi connectivity index (χ1) is 7.77. The number of hydrogen-bond acceptors (Lipinski definition) is 4. The molecule has 1 saturated carbocycles. The third-order valence-corrected chi connectivity index (χ3v) is 4.42. The Morgan fingerprint density at radius 3 is 2.88 bits per heavy atom. The molecule has 4 heteroatoms. The molecule has 0 aromatic heterocycles. The van der Waals surface area contributed by atoms with Gasteiger partial charge in [0.05, 0.1) is 12.7 Å². The number of aliphatic hydroxyl groups is 1. The van der Waals surface area contributed by atoms with Crippen molar-refractivity contribution in [1.29, 1.82) is 0 Å². The lowest BCUT2D eigenvalue weighted by atomic mass is 9.95. The van der Waals surface area contributed by atoms with Crippen molar-refractivity contribution < 1.29 is 9.84 Å². The zero-order valence-corrected chi connectivity index (χ0v) is 11.3. The summed E-state index contributed by atoms with van der Waals surface area (Å²) in [5, 5.41) is 13.9. The van der Waals surface area contributed by atoms with Crippen molar-refractivity contribution >= 4 is 11.8 Å². The van der Waals surface area contributed by atoms with E-state index < -0.39 is 0 Å². The lowest BCUT2D eigenvalue weighted by Crippen LogP contribution is -2.41. The summed E-state index contributed by atoms with van der Waals surface area (Å²) in [4.78, 5) is 0. The summed E-state index contributed by atoms with van der Waals surface area (Å²) < 4.78 is 4.91. The highest BCUT2D eigenvalue weighted by Crippen LogP contribution is 2.26. The molecule has 1 aliphatic rings. The predicted molar refractivity (Wildman–Crippen MR) is 70.1 cm³/mol. The van der Waals surface area contributed by atoms with E-state index in [-0.39, 0.29) is 6.10 Å². The van der Waals surface area contributed by atoms with E-state index in [1.165, 1.54) is 25.7 Å². The van der Waals surface area contributed by atoms with Crippen LogP contribution in [0.1, 0.15) is 32.1 Å². The van der Waals surface area contributed by atoms with Crippen molar-refractivity contribution in [2.24, 2.45) is 0 Å². The summed E-state index contributed by atoms with van der Waals surface area (Å²) in [6.45, 7) is 1.34. The normalized spacial score (nSPS) is 27.9. The molecule has 1 fully saturated rings. The number of methoxy groups -OCH3 is 1. The Kier molecular flexibility index (Phi) is 7.45. The molecule has 3 unspecified atom stereocenters. The maximum Gasteiger partial charge on any atom is 0.0785 e. The average molecular weight is 247 g/mol. The minimum atomic E-state index is -0.325. The Morgan fingerprint density at radius 2 is 2.19 bits per heavy atom. The minimum absolute atomic E-state index is 0.325. The molecule has 1 rings (SSSR count). The molecule has 0 amide bonds. The fourth-order valence-corrected chi connectivity index (χ4v) is 3.29. The van der Waals surface area contributed by atoms with Gasteiger partial charge in [-0.3, -0.25) is 0 Å². The molecular weight excluding hydrogens is 222 g/mol. The van der Waals surface area contributed by atoms with Crippen LogP contribution in [0.3, 0.4) is 0 Å². The van der Waals surface area contributed by atoms with Gasteiger partial charge in [0.15, 0.2) is 0 Å². The highest BCUT2D eigenvalue weighted by molar-refractivity contribution is 7.99. The molecule has 0 spiro atoms. The number of rotatable bonds is 7. The SMILES string of the molecule is COCC(O)CCNC1CCCCC1SC. The Balaban J connectivity index is 2.15. The Hall–Kier alpha value is 0.230. The second-order valence-electron chi connectivity index (χ2n) is 4.52. The Labute approximate surface area is 103 Å². The molecular formula is C12H25NO2S.